The first-order valence-electron chi connectivity index (χ1n) is 7.61. The molecule has 0 aliphatic heterocycles. The van der Waals surface area contributed by atoms with Crippen molar-refractivity contribution in [3.63, 3.8) is 0 Å². The summed E-state index contributed by atoms with van der Waals surface area (Å²) >= 11 is 0. The normalized spacial score (nSPS) is 17.5. The lowest BCUT2D eigenvalue weighted by Gasteiger charge is -2.33. The van der Waals surface area contributed by atoms with Gasteiger partial charge in [0.25, 0.3) is 5.91 Å². The fourth-order valence-electron chi connectivity index (χ4n) is 2.79. The van der Waals surface area contributed by atoms with E-state index in [1.807, 2.05) is 19.1 Å². The van der Waals surface area contributed by atoms with E-state index in [2.05, 4.69) is 22.5 Å². The molecule has 4 nitrogen and oxygen atoms in total. The monoisotopic (exact) mass is 275 g/mol. The minimum atomic E-state index is -0.0210. The highest BCUT2D eigenvalue weighted by Gasteiger charge is 2.27. The molecular formula is C16H25N3O. The molecule has 2 N–H and O–H groups in total. The van der Waals surface area contributed by atoms with Gasteiger partial charge >= 0.3 is 0 Å². The lowest BCUT2D eigenvalue weighted by Crippen LogP contribution is -2.37. The number of nitrogens with one attached hydrogen (secondary N) is 2. The third kappa shape index (κ3) is 3.95. The molecule has 0 aromatic carbocycles. The van der Waals surface area contributed by atoms with Gasteiger partial charge in [-0.2, -0.15) is 0 Å². The molecule has 20 heavy (non-hydrogen) atoms. The van der Waals surface area contributed by atoms with Crippen LogP contribution in [0.5, 0.6) is 0 Å². The molecule has 1 aliphatic rings. The van der Waals surface area contributed by atoms with Crippen LogP contribution in [0.4, 0.5) is 5.82 Å². The second-order valence-corrected chi connectivity index (χ2v) is 6.02. The molecule has 0 atom stereocenters. The van der Waals surface area contributed by atoms with E-state index in [-0.39, 0.29) is 11.3 Å². The molecule has 1 aromatic rings. The van der Waals surface area contributed by atoms with Gasteiger partial charge in [0.2, 0.25) is 0 Å². The molecule has 1 fully saturated rings. The van der Waals surface area contributed by atoms with Gasteiger partial charge in [0.05, 0.1) is 5.56 Å². The Morgan fingerprint density at radius 2 is 2.05 bits per heavy atom. The van der Waals surface area contributed by atoms with Crippen LogP contribution >= 0.6 is 0 Å². The quantitative estimate of drug-likeness (QED) is 0.867. The summed E-state index contributed by atoms with van der Waals surface area (Å²) < 4.78 is 0. The number of hydrogen-bond acceptors (Lipinski definition) is 3. The van der Waals surface area contributed by atoms with Gasteiger partial charge in [-0.25, -0.2) is 4.98 Å². The number of nitrogens with zero attached hydrogens (tertiary/aromatic N) is 1. The van der Waals surface area contributed by atoms with Crippen LogP contribution in [0.25, 0.3) is 0 Å². The van der Waals surface area contributed by atoms with E-state index in [9.17, 15) is 4.79 Å². The molecule has 0 spiro atoms. The largest absolute Gasteiger partial charge is 0.370 e. The minimum Gasteiger partial charge on any atom is -0.370 e. The number of anilines is 1. The molecule has 0 saturated heterocycles. The molecule has 1 saturated carbocycles. The maximum absolute atomic E-state index is 12.1. The van der Waals surface area contributed by atoms with E-state index in [0.717, 1.165) is 18.9 Å². The van der Waals surface area contributed by atoms with E-state index in [1.54, 1.807) is 6.20 Å². The zero-order chi connectivity index (χ0) is 14.4. The summed E-state index contributed by atoms with van der Waals surface area (Å²) in [6, 6.07) is 3.67. The van der Waals surface area contributed by atoms with Gasteiger partial charge < -0.3 is 10.6 Å². The predicted molar refractivity (Wildman–Crippen MR) is 81.9 cm³/mol. The van der Waals surface area contributed by atoms with Crippen LogP contribution in [0.15, 0.2) is 18.3 Å². The smallest absolute Gasteiger partial charge is 0.252 e. The average molecular weight is 275 g/mol. The molecule has 2 rings (SSSR count). The number of aromatic nitrogens is 1. The van der Waals surface area contributed by atoms with Crippen molar-refractivity contribution in [1.82, 2.24) is 10.3 Å². The standard InChI is InChI=1S/C16H25N3O/c1-3-17-14-8-7-13(11-18-14)15(20)19-12-16(2)9-5-4-6-10-16/h7-8,11H,3-6,9-10,12H2,1-2H3,(H,17,18)(H,19,20). The lowest BCUT2D eigenvalue weighted by atomic mass is 9.76. The summed E-state index contributed by atoms with van der Waals surface area (Å²) in [5, 5.41) is 6.18. The molecule has 0 unspecified atom stereocenters. The van der Waals surface area contributed by atoms with Crippen molar-refractivity contribution < 1.29 is 4.79 Å². The van der Waals surface area contributed by atoms with Crippen LogP contribution in [0.2, 0.25) is 0 Å². The summed E-state index contributed by atoms with van der Waals surface area (Å²) in [6.45, 7) is 5.89. The predicted octanol–water partition coefficient (Wildman–Crippen LogP) is 3.21. The summed E-state index contributed by atoms with van der Waals surface area (Å²) in [5.41, 5.74) is 0.900. The van der Waals surface area contributed by atoms with E-state index < -0.39 is 0 Å². The molecule has 1 heterocycles. The Morgan fingerprint density at radius 1 is 1.30 bits per heavy atom. The number of rotatable bonds is 5. The maximum Gasteiger partial charge on any atom is 0.252 e. The third-order valence-corrected chi connectivity index (χ3v) is 4.12. The highest BCUT2D eigenvalue weighted by Crippen LogP contribution is 2.34. The summed E-state index contributed by atoms with van der Waals surface area (Å²) in [5.74, 6) is 0.788. The molecule has 1 amide bonds. The summed E-state index contributed by atoms with van der Waals surface area (Å²) in [7, 11) is 0. The van der Waals surface area contributed by atoms with Crippen molar-refractivity contribution in [3.05, 3.63) is 23.9 Å². The van der Waals surface area contributed by atoms with Gasteiger partial charge in [-0.3, -0.25) is 4.79 Å². The summed E-state index contributed by atoms with van der Waals surface area (Å²) in [4.78, 5) is 16.4. The van der Waals surface area contributed by atoms with Gasteiger partial charge in [-0.15, -0.1) is 0 Å². The first kappa shape index (κ1) is 14.8. The molecule has 4 heteroatoms. The Balaban J connectivity index is 1.87. The number of hydrogen-bond donors (Lipinski definition) is 2. The van der Waals surface area contributed by atoms with Gasteiger partial charge in [0.15, 0.2) is 0 Å². The fraction of sp³-hybridized carbons (Fsp3) is 0.625. The third-order valence-electron chi connectivity index (χ3n) is 4.12. The van der Waals surface area contributed by atoms with Crippen LogP contribution in [-0.4, -0.2) is 24.0 Å². The maximum atomic E-state index is 12.1. The molecular weight excluding hydrogens is 250 g/mol. The van der Waals surface area contributed by atoms with Crippen LogP contribution in [0.3, 0.4) is 0 Å². The lowest BCUT2D eigenvalue weighted by molar-refractivity contribution is 0.0919. The highest BCUT2D eigenvalue weighted by molar-refractivity contribution is 5.94. The number of carbonyl (C=O) groups excluding carboxylic acids is 1. The van der Waals surface area contributed by atoms with E-state index in [0.29, 0.717) is 5.56 Å². The molecule has 0 bridgehead atoms. The molecule has 0 radical (unpaired) electrons. The Kier molecular flexibility index (Phi) is 4.99. The van der Waals surface area contributed by atoms with Crippen molar-refractivity contribution >= 4 is 11.7 Å². The van der Waals surface area contributed by atoms with E-state index >= 15 is 0 Å². The summed E-state index contributed by atoms with van der Waals surface area (Å²) in [6.07, 6.45) is 7.96. The highest BCUT2D eigenvalue weighted by atomic mass is 16.1. The topological polar surface area (TPSA) is 54.0 Å². The zero-order valence-corrected chi connectivity index (χ0v) is 12.5. The van der Waals surface area contributed by atoms with Gasteiger partial charge in [-0.05, 0) is 37.3 Å². The van der Waals surface area contributed by atoms with Crippen molar-refractivity contribution in [2.24, 2.45) is 5.41 Å². The second kappa shape index (κ2) is 6.73. The van der Waals surface area contributed by atoms with E-state index in [1.165, 1.54) is 32.1 Å². The molecule has 1 aliphatic carbocycles. The Bertz CT molecular complexity index is 436. The van der Waals surface area contributed by atoms with Gasteiger partial charge in [0.1, 0.15) is 5.82 Å². The number of pyridine rings is 1. The average Bonchev–Trinajstić information content (AvgIpc) is 2.47. The van der Waals surface area contributed by atoms with Crippen molar-refractivity contribution in [3.8, 4) is 0 Å². The Hall–Kier alpha value is -1.58. The Labute approximate surface area is 121 Å². The number of amides is 1. The first-order valence-corrected chi connectivity index (χ1v) is 7.61. The van der Waals surface area contributed by atoms with Crippen LogP contribution < -0.4 is 10.6 Å². The van der Waals surface area contributed by atoms with Crippen molar-refractivity contribution in [1.29, 1.82) is 0 Å². The van der Waals surface area contributed by atoms with Gasteiger partial charge in [0, 0.05) is 19.3 Å². The second-order valence-electron chi connectivity index (χ2n) is 6.02. The zero-order valence-electron chi connectivity index (χ0n) is 12.5. The van der Waals surface area contributed by atoms with Crippen LogP contribution in [0, 0.1) is 5.41 Å². The number of carbonyl (C=O) groups is 1. The van der Waals surface area contributed by atoms with Crippen LogP contribution in [0.1, 0.15) is 56.3 Å². The van der Waals surface area contributed by atoms with Crippen LogP contribution in [-0.2, 0) is 0 Å². The molecule has 1 aromatic heterocycles. The van der Waals surface area contributed by atoms with E-state index in [4.69, 9.17) is 0 Å². The fourth-order valence-corrected chi connectivity index (χ4v) is 2.79. The first-order chi connectivity index (χ1) is 9.63. The van der Waals surface area contributed by atoms with Gasteiger partial charge in [-0.1, -0.05) is 26.2 Å². The Morgan fingerprint density at radius 3 is 2.65 bits per heavy atom. The SMILES string of the molecule is CCNc1ccc(C(=O)NCC2(C)CCCCC2)cn1. The minimum absolute atomic E-state index is 0.0210. The van der Waals surface area contributed by atoms with Crippen molar-refractivity contribution in [2.75, 3.05) is 18.4 Å². The molecule has 110 valence electrons. The van der Waals surface area contributed by atoms with Crippen molar-refractivity contribution in [2.45, 2.75) is 46.0 Å².